The molecule has 6 nitrogen and oxygen atoms in total. The van der Waals surface area contributed by atoms with Crippen molar-refractivity contribution in [2.24, 2.45) is 0 Å². The Morgan fingerprint density at radius 1 is 0.946 bits per heavy atom. The van der Waals surface area contributed by atoms with Crippen molar-refractivity contribution in [1.82, 2.24) is 19.8 Å². The minimum Gasteiger partial charge on any atom is -0.383 e. The highest BCUT2D eigenvalue weighted by Crippen LogP contribution is 2.26. The number of hydrogen-bond donors (Lipinski definition) is 1. The molecule has 0 unspecified atom stereocenters. The maximum Gasteiger partial charge on any atom is 0.150 e. The van der Waals surface area contributed by atoms with Crippen LogP contribution in [-0.2, 0) is 24.3 Å². The zero-order valence-electron chi connectivity index (χ0n) is 22.4. The third-order valence-electron chi connectivity index (χ3n) is 7.36. The van der Waals surface area contributed by atoms with Gasteiger partial charge < -0.3 is 10.2 Å². The fourth-order valence-electron chi connectivity index (χ4n) is 5.68. The number of carbonyl (C=O) groups is 1. The number of hydrogen-bond acceptors (Lipinski definition) is 6. The van der Waals surface area contributed by atoms with Crippen LogP contribution in [0.5, 0.6) is 0 Å². The molecular formula is C31H39N5O. The third-order valence-corrected chi connectivity index (χ3v) is 7.36. The molecular weight excluding hydrogens is 458 g/mol. The fourth-order valence-corrected chi connectivity index (χ4v) is 5.68. The largest absolute Gasteiger partial charge is 0.383 e. The lowest BCUT2D eigenvalue weighted by molar-refractivity contribution is -0.123. The van der Waals surface area contributed by atoms with E-state index in [1.54, 1.807) is 0 Å². The highest BCUT2D eigenvalue weighted by atomic mass is 16.1. The van der Waals surface area contributed by atoms with Gasteiger partial charge in [-0.1, -0.05) is 30.3 Å². The van der Waals surface area contributed by atoms with E-state index >= 15 is 0 Å². The van der Waals surface area contributed by atoms with Crippen LogP contribution in [0.1, 0.15) is 62.0 Å². The summed E-state index contributed by atoms with van der Waals surface area (Å²) in [4.78, 5) is 27.4. The van der Waals surface area contributed by atoms with E-state index in [4.69, 9.17) is 4.98 Å². The third kappa shape index (κ3) is 6.62. The molecule has 3 aliphatic heterocycles. The number of anilines is 1. The topological polar surface area (TPSA) is 61.4 Å². The molecule has 6 bridgehead atoms. The van der Waals surface area contributed by atoms with Crippen molar-refractivity contribution < 1.29 is 4.79 Å². The first-order valence-corrected chi connectivity index (χ1v) is 13.7. The molecule has 4 heterocycles. The number of carbonyl (C=O) groups excluding carboxylic acids is 1. The van der Waals surface area contributed by atoms with E-state index in [0.29, 0.717) is 24.7 Å². The number of nitrogens with zero attached hydrogens (tertiary/aromatic N) is 4. The van der Waals surface area contributed by atoms with E-state index < -0.39 is 0 Å². The SMILES string of the molecule is CC(C)Nc1cc2cc(c1)CN1CCC[C@H]1C(=O)CCCN(C)Cc1ccc(cc1)-c1ccnc(n1)C2. The van der Waals surface area contributed by atoms with Gasteiger partial charge in [0.1, 0.15) is 11.6 Å². The van der Waals surface area contributed by atoms with Crippen LogP contribution in [-0.4, -0.2) is 57.8 Å². The standard InChI is InChI=1S/C31H39N5O/c1-22(2)33-27-17-24-16-25(18-27)21-36-15-4-6-29(36)30(37)7-5-14-35(3)20-23-8-10-26(11-9-23)28-12-13-32-31(19-24)34-28/h8-13,16-18,22,29,33H,4-7,14-15,19-21H2,1-3H3/t29-/m0/s1. The Balaban J connectivity index is 1.49. The van der Waals surface area contributed by atoms with Crippen molar-refractivity contribution in [1.29, 1.82) is 0 Å². The number of benzene rings is 2. The van der Waals surface area contributed by atoms with E-state index in [1.807, 2.05) is 12.3 Å². The molecule has 2 aromatic carbocycles. The van der Waals surface area contributed by atoms with Gasteiger partial charge in [0, 0.05) is 49.4 Å². The smallest absolute Gasteiger partial charge is 0.150 e. The van der Waals surface area contributed by atoms with Crippen LogP contribution in [0.3, 0.4) is 0 Å². The first kappa shape index (κ1) is 25.6. The summed E-state index contributed by atoms with van der Waals surface area (Å²) in [6, 6.07) is 17.7. The van der Waals surface area contributed by atoms with Gasteiger partial charge >= 0.3 is 0 Å². The summed E-state index contributed by atoms with van der Waals surface area (Å²) >= 11 is 0. The molecule has 6 heteroatoms. The van der Waals surface area contributed by atoms with Crippen LogP contribution >= 0.6 is 0 Å². The summed E-state index contributed by atoms with van der Waals surface area (Å²) in [5.74, 6) is 1.21. The van der Waals surface area contributed by atoms with Gasteiger partial charge in [0.05, 0.1) is 11.7 Å². The van der Waals surface area contributed by atoms with Crippen LogP contribution < -0.4 is 5.32 Å². The quantitative estimate of drug-likeness (QED) is 0.518. The minimum absolute atomic E-state index is 0.0358. The summed E-state index contributed by atoms with van der Waals surface area (Å²) < 4.78 is 0. The first-order valence-electron chi connectivity index (χ1n) is 13.7. The lowest BCUT2D eigenvalue weighted by Gasteiger charge is -2.25. The van der Waals surface area contributed by atoms with E-state index in [2.05, 4.69) is 83.5 Å². The number of Topliss-reactive ketones (excluding diaryl/α,β-unsaturated/α-hetero) is 1. The van der Waals surface area contributed by atoms with Crippen molar-refractivity contribution in [3.05, 3.63) is 77.2 Å². The maximum absolute atomic E-state index is 13.2. The Morgan fingerprint density at radius 3 is 2.57 bits per heavy atom. The van der Waals surface area contributed by atoms with Crippen LogP contribution in [0.4, 0.5) is 5.69 Å². The van der Waals surface area contributed by atoms with Crippen LogP contribution in [0, 0.1) is 0 Å². The van der Waals surface area contributed by atoms with Crippen LogP contribution in [0.25, 0.3) is 11.3 Å². The molecule has 194 valence electrons. The number of nitrogens with one attached hydrogen (secondary N) is 1. The Morgan fingerprint density at radius 2 is 1.76 bits per heavy atom. The second-order valence-corrected chi connectivity index (χ2v) is 11.0. The van der Waals surface area contributed by atoms with E-state index in [9.17, 15) is 4.79 Å². The second-order valence-electron chi connectivity index (χ2n) is 11.0. The first-order chi connectivity index (χ1) is 17.9. The maximum atomic E-state index is 13.2. The summed E-state index contributed by atoms with van der Waals surface area (Å²) in [5, 5.41) is 3.58. The molecule has 0 radical (unpaired) electrons. The average molecular weight is 498 g/mol. The van der Waals surface area contributed by atoms with Crippen molar-refractivity contribution in [3.8, 4) is 11.3 Å². The number of aromatic nitrogens is 2. The van der Waals surface area contributed by atoms with Crippen molar-refractivity contribution in [2.45, 2.75) is 71.1 Å². The summed E-state index contributed by atoms with van der Waals surface area (Å²) in [7, 11) is 2.14. The van der Waals surface area contributed by atoms with Crippen LogP contribution in [0.2, 0.25) is 0 Å². The molecule has 0 saturated carbocycles. The zero-order chi connectivity index (χ0) is 25.8. The lowest BCUT2D eigenvalue weighted by atomic mass is 10.0. The van der Waals surface area contributed by atoms with Gasteiger partial charge in [0.25, 0.3) is 0 Å². The van der Waals surface area contributed by atoms with Gasteiger partial charge in [-0.05, 0) is 88.1 Å². The average Bonchev–Trinajstić information content (AvgIpc) is 3.32. The highest BCUT2D eigenvalue weighted by molar-refractivity contribution is 5.84. The van der Waals surface area contributed by atoms with Gasteiger partial charge in [-0.15, -0.1) is 0 Å². The summed E-state index contributed by atoms with van der Waals surface area (Å²) in [6.45, 7) is 7.89. The Bertz CT molecular complexity index is 1220. The molecule has 1 saturated heterocycles. The Kier molecular flexibility index (Phi) is 7.96. The van der Waals surface area contributed by atoms with E-state index in [1.165, 1.54) is 16.7 Å². The molecule has 37 heavy (non-hydrogen) atoms. The minimum atomic E-state index is 0.0358. The molecule has 1 N–H and O–H groups in total. The Labute approximate surface area is 221 Å². The number of ketones is 1. The molecule has 0 spiro atoms. The van der Waals surface area contributed by atoms with Crippen molar-refractivity contribution in [3.63, 3.8) is 0 Å². The van der Waals surface area contributed by atoms with Gasteiger partial charge in [0.2, 0.25) is 0 Å². The zero-order valence-corrected chi connectivity index (χ0v) is 22.4. The Hall–Kier alpha value is -3.09. The molecule has 6 rings (SSSR count). The van der Waals surface area contributed by atoms with Crippen molar-refractivity contribution >= 4 is 11.5 Å². The summed E-state index contributed by atoms with van der Waals surface area (Å²) in [6.07, 6.45) is 6.14. The summed E-state index contributed by atoms with van der Waals surface area (Å²) in [5.41, 5.74) is 6.86. The molecule has 1 atom stereocenters. The van der Waals surface area contributed by atoms with Gasteiger partial charge in [-0.3, -0.25) is 9.69 Å². The van der Waals surface area contributed by atoms with E-state index in [0.717, 1.165) is 68.2 Å². The molecule has 0 aliphatic carbocycles. The highest BCUT2D eigenvalue weighted by Gasteiger charge is 2.30. The van der Waals surface area contributed by atoms with E-state index in [-0.39, 0.29) is 6.04 Å². The molecule has 1 aromatic heterocycles. The van der Waals surface area contributed by atoms with Gasteiger partial charge in [0.15, 0.2) is 0 Å². The van der Waals surface area contributed by atoms with Crippen molar-refractivity contribution in [2.75, 3.05) is 25.5 Å². The van der Waals surface area contributed by atoms with Crippen LogP contribution in [0.15, 0.2) is 54.7 Å². The van der Waals surface area contributed by atoms with Gasteiger partial charge in [-0.25, -0.2) is 9.97 Å². The second kappa shape index (κ2) is 11.5. The lowest BCUT2D eigenvalue weighted by Crippen LogP contribution is -2.36. The normalized spacial score (nSPS) is 19.7. The number of rotatable bonds is 2. The monoisotopic (exact) mass is 497 g/mol. The molecule has 0 amide bonds. The predicted octanol–water partition coefficient (Wildman–Crippen LogP) is 5.31. The van der Waals surface area contributed by atoms with Gasteiger partial charge in [-0.2, -0.15) is 0 Å². The molecule has 1 fully saturated rings. The number of fused-ring (bicyclic) bond motifs is 7. The molecule has 3 aromatic rings. The predicted molar refractivity (Wildman–Crippen MR) is 149 cm³/mol. The fraction of sp³-hybridized carbons (Fsp3) is 0.452. The molecule has 3 aliphatic rings.